The van der Waals surface area contributed by atoms with Crippen LogP contribution in [0, 0.1) is 0 Å². The standard InChI is InChI=1S/C12H10N4O2/c1-8(17)10-5-9(15-7-16-10)6-11(18)12-13-3-2-4-14-12/h2-5,7H,6H2,1H3. The first kappa shape index (κ1) is 12.0. The zero-order valence-corrected chi connectivity index (χ0v) is 9.70. The highest BCUT2D eigenvalue weighted by Crippen LogP contribution is 2.03. The minimum atomic E-state index is -0.246. The monoisotopic (exact) mass is 242 g/mol. The quantitative estimate of drug-likeness (QED) is 0.740. The molecule has 0 amide bonds. The van der Waals surface area contributed by atoms with Crippen molar-refractivity contribution >= 4 is 11.6 Å². The average molecular weight is 242 g/mol. The number of aromatic nitrogens is 4. The second-order valence-corrected chi connectivity index (χ2v) is 3.62. The summed E-state index contributed by atoms with van der Waals surface area (Å²) in [5.74, 6) is -0.272. The lowest BCUT2D eigenvalue weighted by Crippen LogP contribution is -2.10. The van der Waals surface area contributed by atoms with E-state index in [1.54, 1.807) is 6.07 Å². The molecule has 90 valence electrons. The van der Waals surface area contributed by atoms with Crippen LogP contribution in [0.5, 0.6) is 0 Å². The Morgan fingerprint density at radius 3 is 2.50 bits per heavy atom. The molecule has 0 saturated heterocycles. The van der Waals surface area contributed by atoms with E-state index < -0.39 is 0 Å². The van der Waals surface area contributed by atoms with E-state index >= 15 is 0 Å². The number of carbonyl (C=O) groups is 2. The second kappa shape index (κ2) is 5.22. The van der Waals surface area contributed by atoms with E-state index in [1.165, 1.54) is 31.7 Å². The molecule has 2 aromatic heterocycles. The maximum atomic E-state index is 11.8. The number of hydrogen-bond acceptors (Lipinski definition) is 6. The largest absolute Gasteiger partial charge is 0.293 e. The number of hydrogen-bond donors (Lipinski definition) is 0. The molecule has 0 aliphatic rings. The van der Waals surface area contributed by atoms with Gasteiger partial charge in [-0.25, -0.2) is 19.9 Å². The SMILES string of the molecule is CC(=O)c1cc(CC(=O)c2ncccn2)ncn1. The van der Waals surface area contributed by atoms with E-state index in [4.69, 9.17) is 0 Å². The maximum absolute atomic E-state index is 11.8. The number of rotatable bonds is 4. The maximum Gasteiger partial charge on any atom is 0.205 e. The van der Waals surface area contributed by atoms with Gasteiger partial charge in [0.2, 0.25) is 5.78 Å². The summed E-state index contributed by atoms with van der Waals surface area (Å²) in [7, 11) is 0. The van der Waals surface area contributed by atoms with Gasteiger partial charge in [0, 0.05) is 19.3 Å². The van der Waals surface area contributed by atoms with Gasteiger partial charge in [0.15, 0.2) is 11.6 Å². The van der Waals surface area contributed by atoms with Gasteiger partial charge >= 0.3 is 0 Å². The molecule has 0 bridgehead atoms. The molecule has 0 unspecified atom stereocenters. The number of carbonyl (C=O) groups excluding carboxylic acids is 2. The molecule has 0 aliphatic carbocycles. The van der Waals surface area contributed by atoms with Crippen LogP contribution in [0.1, 0.15) is 33.7 Å². The van der Waals surface area contributed by atoms with E-state index in [0.29, 0.717) is 11.4 Å². The Kier molecular flexibility index (Phi) is 3.47. The third-order valence-electron chi connectivity index (χ3n) is 2.24. The highest BCUT2D eigenvalue weighted by Gasteiger charge is 2.11. The van der Waals surface area contributed by atoms with Gasteiger partial charge in [0.25, 0.3) is 0 Å². The highest BCUT2D eigenvalue weighted by atomic mass is 16.1. The lowest BCUT2D eigenvalue weighted by Gasteiger charge is -2.00. The summed E-state index contributed by atoms with van der Waals surface area (Å²) >= 11 is 0. The van der Waals surface area contributed by atoms with Gasteiger partial charge in [-0.15, -0.1) is 0 Å². The van der Waals surface area contributed by atoms with Crippen molar-refractivity contribution in [2.45, 2.75) is 13.3 Å². The molecule has 6 heteroatoms. The average Bonchev–Trinajstić information content (AvgIpc) is 2.40. The summed E-state index contributed by atoms with van der Waals surface area (Å²) in [4.78, 5) is 38.5. The van der Waals surface area contributed by atoms with Gasteiger partial charge in [-0.2, -0.15) is 0 Å². The molecule has 2 heterocycles. The molecule has 6 nitrogen and oxygen atoms in total. The van der Waals surface area contributed by atoms with E-state index in [0.717, 1.165) is 0 Å². The highest BCUT2D eigenvalue weighted by molar-refractivity contribution is 5.95. The summed E-state index contributed by atoms with van der Waals surface area (Å²) in [6, 6.07) is 3.14. The Hall–Kier alpha value is -2.50. The van der Waals surface area contributed by atoms with Crippen molar-refractivity contribution in [1.29, 1.82) is 0 Å². The van der Waals surface area contributed by atoms with Gasteiger partial charge in [-0.1, -0.05) is 0 Å². The minimum absolute atomic E-state index is 0.0484. The summed E-state index contributed by atoms with van der Waals surface area (Å²) < 4.78 is 0. The van der Waals surface area contributed by atoms with E-state index in [2.05, 4.69) is 19.9 Å². The van der Waals surface area contributed by atoms with E-state index in [9.17, 15) is 9.59 Å². The molecule has 0 spiro atoms. The van der Waals surface area contributed by atoms with Crippen molar-refractivity contribution < 1.29 is 9.59 Å². The van der Waals surface area contributed by atoms with Crippen molar-refractivity contribution in [2.75, 3.05) is 0 Å². The second-order valence-electron chi connectivity index (χ2n) is 3.62. The molecular formula is C12H10N4O2. The fourth-order valence-electron chi connectivity index (χ4n) is 1.37. The summed E-state index contributed by atoms with van der Waals surface area (Å²) in [5, 5.41) is 0. The number of Topliss-reactive ketones (excluding diaryl/α,β-unsaturated/α-hetero) is 2. The first-order valence-electron chi connectivity index (χ1n) is 5.29. The van der Waals surface area contributed by atoms with Crippen molar-refractivity contribution in [3.05, 3.63) is 48.1 Å². The predicted octanol–water partition coefficient (Wildman–Crippen LogP) is 0.895. The van der Waals surface area contributed by atoms with Gasteiger partial charge in [0.1, 0.15) is 12.0 Å². The topological polar surface area (TPSA) is 85.7 Å². The third kappa shape index (κ3) is 2.79. The Bertz CT molecular complexity index is 584. The van der Waals surface area contributed by atoms with Crippen LogP contribution >= 0.6 is 0 Å². The zero-order chi connectivity index (χ0) is 13.0. The zero-order valence-electron chi connectivity index (χ0n) is 9.70. The number of ketones is 2. The molecule has 2 aromatic rings. The molecular weight excluding hydrogens is 232 g/mol. The summed E-state index contributed by atoms with van der Waals surface area (Å²) in [6.07, 6.45) is 4.32. The first-order valence-corrected chi connectivity index (χ1v) is 5.29. The molecule has 0 N–H and O–H groups in total. The molecule has 2 rings (SSSR count). The number of nitrogens with zero attached hydrogens (tertiary/aromatic N) is 4. The smallest absolute Gasteiger partial charge is 0.205 e. The third-order valence-corrected chi connectivity index (χ3v) is 2.24. The van der Waals surface area contributed by atoms with Crippen LogP contribution in [0.15, 0.2) is 30.9 Å². The van der Waals surface area contributed by atoms with Crippen LogP contribution in [-0.4, -0.2) is 31.5 Å². The van der Waals surface area contributed by atoms with Crippen LogP contribution in [0.25, 0.3) is 0 Å². The van der Waals surface area contributed by atoms with Crippen LogP contribution < -0.4 is 0 Å². The minimum Gasteiger partial charge on any atom is -0.293 e. The fourth-order valence-corrected chi connectivity index (χ4v) is 1.37. The van der Waals surface area contributed by atoms with E-state index in [-0.39, 0.29) is 23.8 Å². The van der Waals surface area contributed by atoms with Gasteiger partial charge in [-0.05, 0) is 12.1 Å². The fraction of sp³-hybridized carbons (Fsp3) is 0.167. The summed E-state index contributed by atoms with van der Waals surface area (Å²) in [5.41, 5.74) is 0.773. The molecule has 0 radical (unpaired) electrons. The molecule has 18 heavy (non-hydrogen) atoms. The Morgan fingerprint density at radius 1 is 1.11 bits per heavy atom. The van der Waals surface area contributed by atoms with Gasteiger partial charge < -0.3 is 0 Å². The van der Waals surface area contributed by atoms with Gasteiger partial charge in [-0.3, -0.25) is 9.59 Å². The predicted molar refractivity (Wildman–Crippen MR) is 62.1 cm³/mol. The Labute approximate surface area is 103 Å². The lowest BCUT2D eigenvalue weighted by molar-refractivity contribution is 0.0977. The molecule has 0 aromatic carbocycles. The van der Waals surface area contributed by atoms with Gasteiger partial charge in [0.05, 0.1) is 12.1 Å². The summed E-state index contributed by atoms with van der Waals surface area (Å²) in [6.45, 7) is 1.41. The Morgan fingerprint density at radius 2 is 1.83 bits per heavy atom. The van der Waals surface area contributed by atoms with Crippen molar-refractivity contribution in [2.24, 2.45) is 0 Å². The van der Waals surface area contributed by atoms with Crippen molar-refractivity contribution in [3.8, 4) is 0 Å². The lowest BCUT2D eigenvalue weighted by atomic mass is 10.1. The van der Waals surface area contributed by atoms with Crippen LogP contribution in [0.4, 0.5) is 0 Å². The first-order chi connectivity index (χ1) is 8.66. The van der Waals surface area contributed by atoms with Crippen LogP contribution in [-0.2, 0) is 6.42 Å². The van der Waals surface area contributed by atoms with Crippen LogP contribution in [0.2, 0.25) is 0 Å². The molecule has 0 saturated carbocycles. The Balaban J connectivity index is 2.17. The normalized spacial score (nSPS) is 10.1. The van der Waals surface area contributed by atoms with Crippen molar-refractivity contribution in [1.82, 2.24) is 19.9 Å². The molecule has 0 fully saturated rings. The van der Waals surface area contributed by atoms with E-state index in [1.807, 2.05) is 0 Å². The van der Waals surface area contributed by atoms with Crippen molar-refractivity contribution in [3.63, 3.8) is 0 Å². The van der Waals surface area contributed by atoms with Crippen LogP contribution in [0.3, 0.4) is 0 Å². The molecule has 0 aliphatic heterocycles. The molecule has 0 atom stereocenters.